The van der Waals surface area contributed by atoms with Gasteiger partial charge in [-0.15, -0.1) is 0 Å². The number of H-pyrrole nitrogens is 1. The van der Waals surface area contributed by atoms with Crippen molar-refractivity contribution >= 4 is 11.0 Å². The number of nitrogens with one attached hydrogen (secondary N) is 1. The largest absolute Gasteiger partial charge is 0.383 e. The molecule has 1 heterocycles. The lowest BCUT2D eigenvalue weighted by Gasteiger charge is -2.20. The third-order valence-electron chi connectivity index (χ3n) is 3.28. The fourth-order valence-corrected chi connectivity index (χ4v) is 2.17. The van der Waals surface area contributed by atoms with Crippen molar-refractivity contribution in [3.63, 3.8) is 0 Å². The van der Waals surface area contributed by atoms with E-state index in [1.54, 1.807) is 14.2 Å². The summed E-state index contributed by atoms with van der Waals surface area (Å²) < 4.78 is 10.3. The Morgan fingerprint density at radius 1 is 1.15 bits per heavy atom. The monoisotopic (exact) mass is 277 g/mol. The minimum Gasteiger partial charge on any atom is -0.383 e. The van der Waals surface area contributed by atoms with Crippen molar-refractivity contribution in [1.29, 1.82) is 0 Å². The van der Waals surface area contributed by atoms with Gasteiger partial charge in [-0.25, -0.2) is 4.98 Å². The number of benzene rings is 1. The van der Waals surface area contributed by atoms with Crippen LogP contribution in [0.4, 0.5) is 0 Å². The first kappa shape index (κ1) is 15.0. The molecule has 20 heavy (non-hydrogen) atoms. The Bertz CT molecular complexity index is 531. The third-order valence-corrected chi connectivity index (χ3v) is 3.28. The van der Waals surface area contributed by atoms with E-state index < -0.39 is 0 Å². The highest BCUT2D eigenvalue weighted by atomic mass is 16.5. The lowest BCUT2D eigenvalue weighted by Crippen LogP contribution is -2.30. The van der Waals surface area contributed by atoms with E-state index in [1.165, 1.54) is 5.56 Å². The average Bonchev–Trinajstić information content (AvgIpc) is 2.83. The summed E-state index contributed by atoms with van der Waals surface area (Å²) in [5.41, 5.74) is 3.35. The molecule has 0 radical (unpaired) electrons. The fraction of sp³-hybridized carbons (Fsp3) is 0.533. The molecule has 2 aromatic rings. The normalized spacial score (nSPS) is 11.6. The van der Waals surface area contributed by atoms with Gasteiger partial charge in [-0.2, -0.15) is 0 Å². The van der Waals surface area contributed by atoms with Crippen LogP contribution in [0.1, 0.15) is 11.4 Å². The van der Waals surface area contributed by atoms with Crippen molar-refractivity contribution < 1.29 is 9.47 Å². The highest BCUT2D eigenvalue weighted by Gasteiger charge is 2.09. The molecule has 1 aromatic heterocycles. The Balaban J connectivity index is 2.06. The smallest absolute Gasteiger partial charge is 0.121 e. The summed E-state index contributed by atoms with van der Waals surface area (Å²) in [6, 6.07) is 6.26. The zero-order valence-electron chi connectivity index (χ0n) is 12.5. The van der Waals surface area contributed by atoms with E-state index in [-0.39, 0.29) is 0 Å². The minimum atomic E-state index is 0.711. The summed E-state index contributed by atoms with van der Waals surface area (Å²) in [6.07, 6.45) is 0. The first-order valence-electron chi connectivity index (χ1n) is 6.88. The number of hydrogen-bond acceptors (Lipinski definition) is 4. The molecule has 0 saturated heterocycles. The molecule has 5 heteroatoms. The molecule has 0 atom stereocenters. The first-order chi connectivity index (χ1) is 9.72. The number of nitrogens with zero attached hydrogens (tertiary/aromatic N) is 2. The van der Waals surface area contributed by atoms with Crippen LogP contribution >= 0.6 is 0 Å². The average molecular weight is 277 g/mol. The number of methoxy groups -OCH3 is 2. The van der Waals surface area contributed by atoms with Crippen LogP contribution in [0.3, 0.4) is 0 Å². The fourth-order valence-electron chi connectivity index (χ4n) is 2.17. The van der Waals surface area contributed by atoms with Gasteiger partial charge in [-0.05, 0) is 24.6 Å². The maximum Gasteiger partial charge on any atom is 0.121 e. The van der Waals surface area contributed by atoms with Crippen molar-refractivity contribution in [2.45, 2.75) is 13.5 Å². The quantitative estimate of drug-likeness (QED) is 0.801. The van der Waals surface area contributed by atoms with Crippen molar-refractivity contribution in [3.8, 4) is 0 Å². The van der Waals surface area contributed by atoms with Crippen molar-refractivity contribution in [3.05, 3.63) is 29.6 Å². The standard InChI is InChI=1S/C15H23N3O2/c1-12-4-5-13-14(10-12)17-15(16-13)11-18(6-8-19-2)7-9-20-3/h4-5,10H,6-9,11H2,1-3H3,(H,16,17). The van der Waals surface area contributed by atoms with Gasteiger partial charge >= 0.3 is 0 Å². The number of aromatic amines is 1. The number of imidazole rings is 1. The number of hydrogen-bond donors (Lipinski definition) is 1. The first-order valence-corrected chi connectivity index (χ1v) is 6.88. The molecule has 1 N–H and O–H groups in total. The van der Waals surface area contributed by atoms with E-state index in [0.717, 1.165) is 36.5 Å². The maximum absolute atomic E-state index is 5.15. The van der Waals surface area contributed by atoms with Crippen molar-refractivity contribution in [2.75, 3.05) is 40.5 Å². The SMILES string of the molecule is COCCN(CCOC)Cc1nc2ccc(C)cc2[nH]1. The molecule has 110 valence electrons. The molecule has 0 amide bonds. The summed E-state index contributed by atoms with van der Waals surface area (Å²) in [5.74, 6) is 0.984. The van der Waals surface area contributed by atoms with E-state index in [0.29, 0.717) is 13.2 Å². The predicted octanol–water partition coefficient (Wildman–Crippen LogP) is 1.97. The van der Waals surface area contributed by atoms with E-state index in [9.17, 15) is 0 Å². The Morgan fingerprint density at radius 2 is 1.85 bits per heavy atom. The lowest BCUT2D eigenvalue weighted by molar-refractivity contribution is 0.109. The van der Waals surface area contributed by atoms with Crippen LogP contribution in [0.2, 0.25) is 0 Å². The van der Waals surface area contributed by atoms with Gasteiger partial charge in [-0.3, -0.25) is 4.90 Å². The third kappa shape index (κ3) is 4.03. The molecule has 2 rings (SSSR count). The van der Waals surface area contributed by atoms with Gasteiger partial charge < -0.3 is 14.5 Å². The topological polar surface area (TPSA) is 50.4 Å². The van der Waals surface area contributed by atoms with Gasteiger partial charge in [0.05, 0.1) is 30.8 Å². The second kappa shape index (κ2) is 7.38. The van der Waals surface area contributed by atoms with Crippen LogP contribution in [-0.2, 0) is 16.0 Å². The number of aryl methyl sites for hydroxylation is 1. The molecule has 0 fully saturated rings. The summed E-state index contributed by atoms with van der Waals surface area (Å²) in [5, 5.41) is 0. The number of fused-ring (bicyclic) bond motifs is 1. The molecule has 0 saturated carbocycles. The van der Waals surface area contributed by atoms with E-state index in [4.69, 9.17) is 9.47 Å². The zero-order chi connectivity index (χ0) is 14.4. The van der Waals surface area contributed by atoms with Crippen molar-refractivity contribution in [1.82, 2.24) is 14.9 Å². The van der Waals surface area contributed by atoms with E-state index in [2.05, 4.69) is 40.0 Å². The van der Waals surface area contributed by atoms with E-state index in [1.807, 2.05) is 0 Å². The molecular formula is C15H23N3O2. The Labute approximate surface area is 119 Å². The molecule has 0 aliphatic rings. The summed E-state index contributed by atoms with van der Waals surface area (Å²) in [6.45, 7) is 6.03. The van der Waals surface area contributed by atoms with Crippen LogP contribution in [0.15, 0.2) is 18.2 Å². The Kier molecular flexibility index (Phi) is 5.52. The minimum absolute atomic E-state index is 0.711. The molecule has 0 aliphatic heterocycles. The highest BCUT2D eigenvalue weighted by Crippen LogP contribution is 2.14. The molecule has 0 spiro atoms. The molecule has 5 nitrogen and oxygen atoms in total. The molecule has 0 unspecified atom stereocenters. The molecular weight excluding hydrogens is 254 g/mol. The molecule has 0 aliphatic carbocycles. The van der Waals surface area contributed by atoms with Gasteiger partial charge in [0, 0.05) is 27.3 Å². The van der Waals surface area contributed by atoms with Gasteiger partial charge in [-0.1, -0.05) is 6.07 Å². The van der Waals surface area contributed by atoms with Crippen LogP contribution in [0, 0.1) is 6.92 Å². The van der Waals surface area contributed by atoms with Crippen LogP contribution < -0.4 is 0 Å². The van der Waals surface area contributed by atoms with Gasteiger partial charge in [0.25, 0.3) is 0 Å². The van der Waals surface area contributed by atoms with Crippen LogP contribution in [-0.4, -0.2) is 55.4 Å². The summed E-state index contributed by atoms with van der Waals surface area (Å²) in [4.78, 5) is 10.3. The number of ether oxygens (including phenoxy) is 2. The molecule has 0 bridgehead atoms. The molecule has 1 aromatic carbocycles. The van der Waals surface area contributed by atoms with Gasteiger partial charge in [0.1, 0.15) is 5.82 Å². The van der Waals surface area contributed by atoms with Gasteiger partial charge in [0.2, 0.25) is 0 Å². The summed E-state index contributed by atoms with van der Waals surface area (Å²) >= 11 is 0. The second-order valence-corrected chi connectivity index (χ2v) is 4.97. The Morgan fingerprint density at radius 3 is 2.50 bits per heavy atom. The maximum atomic E-state index is 5.15. The number of aromatic nitrogens is 2. The van der Waals surface area contributed by atoms with Gasteiger partial charge in [0.15, 0.2) is 0 Å². The van der Waals surface area contributed by atoms with Crippen LogP contribution in [0.5, 0.6) is 0 Å². The summed E-state index contributed by atoms with van der Waals surface area (Å²) in [7, 11) is 3.44. The van der Waals surface area contributed by atoms with Crippen molar-refractivity contribution in [2.24, 2.45) is 0 Å². The second-order valence-electron chi connectivity index (χ2n) is 4.97. The van der Waals surface area contributed by atoms with E-state index >= 15 is 0 Å². The Hall–Kier alpha value is -1.43. The number of rotatable bonds is 8. The predicted molar refractivity (Wildman–Crippen MR) is 79.9 cm³/mol. The van der Waals surface area contributed by atoms with Crippen LogP contribution in [0.25, 0.3) is 11.0 Å². The highest BCUT2D eigenvalue weighted by molar-refractivity contribution is 5.75. The lowest BCUT2D eigenvalue weighted by atomic mass is 10.2. The zero-order valence-corrected chi connectivity index (χ0v) is 12.5.